The first-order valence-electron chi connectivity index (χ1n) is 7.53. The van der Waals surface area contributed by atoms with Gasteiger partial charge in [0.15, 0.2) is 0 Å². The van der Waals surface area contributed by atoms with Crippen LogP contribution in [0.15, 0.2) is 0 Å². The zero-order chi connectivity index (χ0) is 14.5. The van der Waals surface area contributed by atoms with E-state index < -0.39 is 0 Å². The van der Waals surface area contributed by atoms with Crippen LogP contribution in [0, 0.1) is 12.8 Å². The van der Waals surface area contributed by atoms with E-state index in [-0.39, 0.29) is 5.91 Å². The molecule has 2 heterocycles. The molecule has 112 valence electrons. The first kappa shape index (κ1) is 15.4. The molecule has 0 saturated carbocycles. The standard InChI is InChI=1S/C15H25N3OS/c1-11(2)6-7-16-15(19)14-12(3)17-13(20-14)10-18-8-4-5-9-18/h11H,4-10H2,1-3H3,(H,16,19). The third kappa shape index (κ3) is 4.28. The lowest BCUT2D eigenvalue weighted by molar-refractivity contribution is 0.0955. The monoisotopic (exact) mass is 295 g/mol. The van der Waals surface area contributed by atoms with Crippen molar-refractivity contribution in [2.45, 2.75) is 46.6 Å². The molecule has 1 aromatic rings. The largest absolute Gasteiger partial charge is 0.351 e. The first-order valence-corrected chi connectivity index (χ1v) is 8.34. The Labute approximate surface area is 125 Å². The average molecular weight is 295 g/mol. The smallest absolute Gasteiger partial charge is 0.263 e. The molecular formula is C15H25N3OS. The van der Waals surface area contributed by atoms with E-state index in [9.17, 15) is 4.79 Å². The number of carbonyl (C=O) groups is 1. The lowest BCUT2D eigenvalue weighted by Crippen LogP contribution is -2.25. The maximum Gasteiger partial charge on any atom is 0.263 e. The van der Waals surface area contributed by atoms with E-state index >= 15 is 0 Å². The second kappa shape index (κ2) is 7.18. The fourth-order valence-corrected chi connectivity index (χ4v) is 3.44. The molecule has 1 aliphatic rings. The zero-order valence-corrected chi connectivity index (χ0v) is 13.6. The number of nitrogens with zero attached hydrogens (tertiary/aromatic N) is 2. The Hall–Kier alpha value is -0.940. The van der Waals surface area contributed by atoms with Crippen molar-refractivity contribution in [2.24, 2.45) is 5.92 Å². The predicted molar refractivity (Wildman–Crippen MR) is 83.2 cm³/mol. The number of rotatable bonds is 6. The molecule has 1 amide bonds. The van der Waals surface area contributed by atoms with Crippen LogP contribution in [0.4, 0.5) is 0 Å². The van der Waals surface area contributed by atoms with Crippen molar-refractivity contribution in [3.05, 3.63) is 15.6 Å². The lowest BCUT2D eigenvalue weighted by atomic mass is 10.1. The summed E-state index contributed by atoms with van der Waals surface area (Å²) in [6.45, 7) is 10.2. The molecule has 1 aliphatic heterocycles. The van der Waals surface area contributed by atoms with Gasteiger partial charge < -0.3 is 5.32 Å². The number of aromatic nitrogens is 1. The van der Waals surface area contributed by atoms with Crippen LogP contribution in [0.3, 0.4) is 0 Å². The molecule has 2 rings (SSSR count). The van der Waals surface area contributed by atoms with Crippen molar-refractivity contribution in [3.8, 4) is 0 Å². The molecule has 1 saturated heterocycles. The number of hydrogen-bond acceptors (Lipinski definition) is 4. The van der Waals surface area contributed by atoms with Crippen molar-refractivity contribution in [1.29, 1.82) is 0 Å². The molecule has 0 atom stereocenters. The van der Waals surface area contributed by atoms with Crippen LogP contribution in [0.25, 0.3) is 0 Å². The van der Waals surface area contributed by atoms with Crippen LogP contribution in [0.1, 0.15) is 53.5 Å². The molecular weight excluding hydrogens is 270 g/mol. The Morgan fingerprint density at radius 1 is 1.40 bits per heavy atom. The normalized spacial score (nSPS) is 16.0. The number of nitrogens with one attached hydrogen (secondary N) is 1. The van der Waals surface area contributed by atoms with Gasteiger partial charge in [-0.2, -0.15) is 0 Å². The Morgan fingerprint density at radius 3 is 2.75 bits per heavy atom. The summed E-state index contributed by atoms with van der Waals surface area (Å²) in [5.41, 5.74) is 0.867. The molecule has 4 nitrogen and oxygen atoms in total. The van der Waals surface area contributed by atoms with Crippen molar-refractivity contribution < 1.29 is 4.79 Å². The van der Waals surface area contributed by atoms with Crippen molar-refractivity contribution in [1.82, 2.24) is 15.2 Å². The first-order chi connectivity index (χ1) is 9.56. The summed E-state index contributed by atoms with van der Waals surface area (Å²) in [5, 5.41) is 4.06. The highest BCUT2D eigenvalue weighted by Crippen LogP contribution is 2.21. The minimum absolute atomic E-state index is 0.0355. The number of likely N-dealkylation sites (tertiary alicyclic amines) is 1. The summed E-state index contributed by atoms with van der Waals surface area (Å²) in [6, 6.07) is 0. The highest BCUT2D eigenvalue weighted by molar-refractivity contribution is 7.13. The summed E-state index contributed by atoms with van der Waals surface area (Å²) >= 11 is 1.55. The molecule has 0 aromatic carbocycles. The number of hydrogen-bond donors (Lipinski definition) is 1. The van der Waals surface area contributed by atoms with Crippen molar-refractivity contribution >= 4 is 17.2 Å². The van der Waals surface area contributed by atoms with Gasteiger partial charge in [0, 0.05) is 6.54 Å². The van der Waals surface area contributed by atoms with Gasteiger partial charge in [0.1, 0.15) is 9.88 Å². The van der Waals surface area contributed by atoms with E-state index in [2.05, 4.69) is 29.0 Å². The molecule has 1 aromatic heterocycles. The molecule has 20 heavy (non-hydrogen) atoms. The second-order valence-corrected chi connectivity index (χ2v) is 7.03. The average Bonchev–Trinajstić information content (AvgIpc) is 2.99. The summed E-state index contributed by atoms with van der Waals surface area (Å²) in [6.07, 6.45) is 3.59. The van der Waals surface area contributed by atoms with Crippen molar-refractivity contribution in [2.75, 3.05) is 19.6 Å². The maximum atomic E-state index is 12.1. The molecule has 1 fully saturated rings. The molecule has 5 heteroatoms. The van der Waals surface area contributed by atoms with Gasteiger partial charge in [-0.05, 0) is 45.2 Å². The lowest BCUT2D eigenvalue weighted by Gasteiger charge is -2.11. The zero-order valence-electron chi connectivity index (χ0n) is 12.7. The molecule has 1 N–H and O–H groups in total. The Morgan fingerprint density at radius 2 is 2.10 bits per heavy atom. The second-order valence-electron chi connectivity index (χ2n) is 5.94. The Balaban J connectivity index is 1.90. The Bertz CT molecular complexity index is 450. The number of carbonyl (C=O) groups excluding carboxylic acids is 1. The van der Waals surface area contributed by atoms with Crippen molar-refractivity contribution in [3.63, 3.8) is 0 Å². The van der Waals surface area contributed by atoms with E-state index in [4.69, 9.17) is 0 Å². The van der Waals surface area contributed by atoms with E-state index in [1.807, 2.05) is 6.92 Å². The topological polar surface area (TPSA) is 45.2 Å². The molecule has 0 unspecified atom stereocenters. The minimum atomic E-state index is 0.0355. The quantitative estimate of drug-likeness (QED) is 0.878. The van der Waals surface area contributed by atoms with Gasteiger partial charge in [-0.15, -0.1) is 11.3 Å². The van der Waals surface area contributed by atoms with Gasteiger partial charge in [-0.25, -0.2) is 4.98 Å². The minimum Gasteiger partial charge on any atom is -0.351 e. The summed E-state index contributed by atoms with van der Waals surface area (Å²) in [4.78, 5) is 19.9. The van der Waals surface area contributed by atoms with Gasteiger partial charge in [0.25, 0.3) is 5.91 Å². The highest BCUT2D eigenvalue weighted by atomic mass is 32.1. The highest BCUT2D eigenvalue weighted by Gasteiger charge is 2.18. The predicted octanol–water partition coefficient (Wildman–Crippen LogP) is 2.82. The van der Waals surface area contributed by atoms with Gasteiger partial charge in [-0.3, -0.25) is 9.69 Å². The number of thiazole rings is 1. The van der Waals surface area contributed by atoms with Crippen LogP contribution in [-0.2, 0) is 6.54 Å². The van der Waals surface area contributed by atoms with E-state index in [0.29, 0.717) is 5.92 Å². The van der Waals surface area contributed by atoms with Gasteiger partial charge in [0.05, 0.1) is 12.2 Å². The third-order valence-corrected chi connectivity index (χ3v) is 4.75. The fraction of sp³-hybridized carbons (Fsp3) is 0.733. The van der Waals surface area contributed by atoms with Crippen LogP contribution in [0.5, 0.6) is 0 Å². The summed E-state index contributed by atoms with van der Waals surface area (Å²) in [7, 11) is 0. The van der Waals surface area contributed by atoms with Crippen LogP contribution in [0.2, 0.25) is 0 Å². The van der Waals surface area contributed by atoms with E-state index in [1.165, 1.54) is 12.8 Å². The van der Waals surface area contributed by atoms with Crippen LogP contribution < -0.4 is 5.32 Å². The van der Waals surface area contributed by atoms with E-state index in [1.54, 1.807) is 11.3 Å². The van der Waals surface area contributed by atoms with Gasteiger partial charge >= 0.3 is 0 Å². The van der Waals surface area contributed by atoms with Crippen LogP contribution in [-0.4, -0.2) is 35.4 Å². The molecule has 0 bridgehead atoms. The molecule has 0 spiro atoms. The van der Waals surface area contributed by atoms with E-state index in [0.717, 1.165) is 48.2 Å². The van der Waals surface area contributed by atoms with Gasteiger partial charge in [-0.1, -0.05) is 13.8 Å². The molecule has 0 aliphatic carbocycles. The van der Waals surface area contributed by atoms with Gasteiger partial charge in [0.2, 0.25) is 0 Å². The third-order valence-electron chi connectivity index (χ3n) is 3.61. The Kier molecular flexibility index (Phi) is 5.54. The summed E-state index contributed by atoms with van der Waals surface area (Å²) < 4.78 is 0. The summed E-state index contributed by atoms with van der Waals surface area (Å²) in [5.74, 6) is 0.650. The SMILES string of the molecule is Cc1nc(CN2CCCC2)sc1C(=O)NCCC(C)C. The fourth-order valence-electron chi connectivity index (χ4n) is 2.42. The molecule has 0 radical (unpaired) electrons. The number of amides is 1. The van der Waals surface area contributed by atoms with Crippen LogP contribution >= 0.6 is 11.3 Å². The number of aryl methyl sites for hydroxylation is 1. The maximum absolute atomic E-state index is 12.1.